The average molecular weight is 214 g/mol. The summed E-state index contributed by atoms with van der Waals surface area (Å²) >= 11 is 0. The van der Waals surface area contributed by atoms with Crippen LogP contribution in [-0.2, 0) is 12.8 Å². The molecule has 1 N–H and O–H groups in total. The lowest BCUT2D eigenvalue weighted by molar-refractivity contribution is 0.102. The van der Waals surface area contributed by atoms with E-state index in [9.17, 15) is 8.78 Å². The fraction of sp³-hybridized carbons (Fsp3) is 0.545. The molecule has 1 rings (SSSR count). The number of aromatic nitrogens is 1. The van der Waals surface area contributed by atoms with Gasteiger partial charge in [0.2, 0.25) is 0 Å². The Balaban J connectivity index is 2.63. The summed E-state index contributed by atoms with van der Waals surface area (Å²) in [6.07, 6.45) is 0.561. The zero-order valence-electron chi connectivity index (χ0n) is 9.00. The van der Waals surface area contributed by atoms with Crippen LogP contribution in [0.25, 0.3) is 0 Å². The van der Waals surface area contributed by atoms with Gasteiger partial charge < -0.3 is 5.32 Å². The molecular weight excluding hydrogens is 198 g/mol. The van der Waals surface area contributed by atoms with Gasteiger partial charge in [0, 0.05) is 18.3 Å². The van der Waals surface area contributed by atoms with Gasteiger partial charge in [-0.25, -0.2) is 8.78 Å². The van der Waals surface area contributed by atoms with E-state index < -0.39 is 12.5 Å². The molecule has 1 atom stereocenters. The first-order valence-electron chi connectivity index (χ1n) is 5.06. The number of halogens is 2. The molecule has 0 amide bonds. The number of aryl methyl sites for hydroxylation is 1. The van der Waals surface area contributed by atoms with Crippen LogP contribution in [0.3, 0.4) is 0 Å². The van der Waals surface area contributed by atoms with Crippen molar-refractivity contribution >= 4 is 0 Å². The van der Waals surface area contributed by atoms with E-state index in [1.807, 2.05) is 19.1 Å². The third kappa shape index (κ3) is 3.55. The Hall–Kier alpha value is -1.03. The van der Waals surface area contributed by atoms with Gasteiger partial charge >= 0.3 is 0 Å². The van der Waals surface area contributed by atoms with Crippen LogP contribution in [0.5, 0.6) is 0 Å². The van der Waals surface area contributed by atoms with Crippen molar-refractivity contribution in [1.82, 2.24) is 10.3 Å². The average Bonchev–Trinajstić information content (AvgIpc) is 2.26. The van der Waals surface area contributed by atoms with Crippen molar-refractivity contribution in [3.05, 3.63) is 29.6 Å². The first-order valence-corrected chi connectivity index (χ1v) is 5.06. The minimum absolute atomic E-state index is 0.262. The Morgan fingerprint density at radius 3 is 2.53 bits per heavy atom. The summed E-state index contributed by atoms with van der Waals surface area (Å²) < 4.78 is 24.9. The number of rotatable bonds is 5. The van der Waals surface area contributed by atoms with Crippen molar-refractivity contribution in [1.29, 1.82) is 0 Å². The first kappa shape index (κ1) is 12.0. The highest BCUT2D eigenvalue weighted by molar-refractivity contribution is 5.14. The van der Waals surface area contributed by atoms with Crippen LogP contribution in [0.2, 0.25) is 0 Å². The molecule has 4 heteroatoms. The number of pyridine rings is 1. The van der Waals surface area contributed by atoms with Crippen LogP contribution in [0, 0.1) is 0 Å². The molecule has 1 unspecified atom stereocenters. The van der Waals surface area contributed by atoms with Gasteiger partial charge in [-0.3, -0.25) is 4.98 Å². The lowest BCUT2D eigenvalue weighted by Crippen LogP contribution is -2.34. The highest BCUT2D eigenvalue weighted by Gasteiger charge is 2.18. The minimum Gasteiger partial charge on any atom is -0.312 e. The molecule has 15 heavy (non-hydrogen) atoms. The van der Waals surface area contributed by atoms with Crippen molar-refractivity contribution in [3.8, 4) is 0 Å². The molecule has 0 aliphatic carbocycles. The van der Waals surface area contributed by atoms with Gasteiger partial charge in [-0.15, -0.1) is 0 Å². The number of nitrogens with one attached hydrogen (secondary N) is 1. The Bertz CT molecular complexity index is 285. The second-order valence-corrected chi connectivity index (χ2v) is 3.45. The highest BCUT2D eigenvalue weighted by atomic mass is 19.3. The standard InChI is InChI=1S/C11H16F2N2/c1-3-8-4-5-9(15-7-8)6-10(14-2)11(12)13/h4-5,7,10-11,14H,3,6H2,1-2H3. The number of nitrogens with zero attached hydrogens (tertiary/aromatic N) is 1. The number of alkyl halides is 2. The fourth-order valence-electron chi connectivity index (χ4n) is 1.33. The maximum absolute atomic E-state index is 12.4. The molecule has 0 saturated carbocycles. The zero-order chi connectivity index (χ0) is 11.3. The number of likely N-dealkylation sites (N-methyl/N-ethyl adjacent to an activating group) is 1. The van der Waals surface area contributed by atoms with Gasteiger partial charge in [-0.1, -0.05) is 13.0 Å². The summed E-state index contributed by atoms with van der Waals surface area (Å²) in [7, 11) is 1.54. The lowest BCUT2D eigenvalue weighted by atomic mass is 10.1. The Labute approximate surface area is 88.7 Å². The topological polar surface area (TPSA) is 24.9 Å². The summed E-state index contributed by atoms with van der Waals surface area (Å²) in [4.78, 5) is 4.15. The molecule has 0 aliphatic rings. The van der Waals surface area contributed by atoms with Crippen molar-refractivity contribution in [3.63, 3.8) is 0 Å². The van der Waals surface area contributed by atoms with Gasteiger partial charge in [0.25, 0.3) is 6.43 Å². The predicted octanol–water partition coefficient (Wildman–Crippen LogP) is 2.04. The van der Waals surface area contributed by atoms with E-state index >= 15 is 0 Å². The van der Waals surface area contributed by atoms with Crippen LogP contribution < -0.4 is 5.32 Å². The summed E-state index contributed by atoms with van der Waals surface area (Å²) in [6.45, 7) is 2.03. The molecule has 0 aliphatic heterocycles. The molecule has 0 spiro atoms. The quantitative estimate of drug-likeness (QED) is 0.811. The van der Waals surface area contributed by atoms with Crippen molar-refractivity contribution in [2.75, 3.05) is 7.05 Å². The van der Waals surface area contributed by atoms with Gasteiger partial charge in [0.05, 0.1) is 6.04 Å². The molecule has 1 aromatic heterocycles. The molecule has 0 fully saturated rings. The van der Waals surface area contributed by atoms with E-state index in [-0.39, 0.29) is 6.42 Å². The highest BCUT2D eigenvalue weighted by Crippen LogP contribution is 2.08. The van der Waals surface area contributed by atoms with Crippen molar-refractivity contribution < 1.29 is 8.78 Å². The third-order valence-electron chi connectivity index (χ3n) is 2.40. The largest absolute Gasteiger partial charge is 0.312 e. The van der Waals surface area contributed by atoms with Crippen molar-refractivity contribution in [2.24, 2.45) is 0 Å². The molecule has 0 aromatic carbocycles. The van der Waals surface area contributed by atoms with E-state index in [0.29, 0.717) is 5.69 Å². The van der Waals surface area contributed by atoms with Gasteiger partial charge in [0.1, 0.15) is 0 Å². The maximum Gasteiger partial charge on any atom is 0.254 e. The molecule has 1 aromatic rings. The van der Waals surface area contributed by atoms with Gasteiger partial charge in [0.15, 0.2) is 0 Å². The van der Waals surface area contributed by atoms with E-state index in [4.69, 9.17) is 0 Å². The van der Waals surface area contributed by atoms with Crippen LogP contribution in [-0.4, -0.2) is 24.5 Å². The smallest absolute Gasteiger partial charge is 0.254 e. The lowest BCUT2D eigenvalue weighted by Gasteiger charge is -2.14. The van der Waals surface area contributed by atoms with Crippen molar-refractivity contribution in [2.45, 2.75) is 32.2 Å². The monoisotopic (exact) mass is 214 g/mol. The zero-order valence-corrected chi connectivity index (χ0v) is 9.00. The Morgan fingerprint density at radius 1 is 1.40 bits per heavy atom. The summed E-state index contributed by atoms with van der Waals surface area (Å²) in [5.74, 6) is 0. The molecule has 0 bridgehead atoms. The minimum atomic E-state index is -2.36. The maximum atomic E-state index is 12.4. The summed E-state index contributed by atoms with van der Waals surface area (Å²) in [5, 5.41) is 2.59. The van der Waals surface area contributed by atoms with Crippen LogP contribution in [0.4, 0.5) is 8.78 Å². The summed E-state index contributed by atoms with van der Waals surface area (Å²) in [5.41, 5.74) is 1.82. The molecular formula is C11H16F2N2. The third-order valence-corrected chi connectivity index (χ3v) is 2.40. The normalized spacial score (nSPS) is 13.1. The molecule has 2 nitrogen and oxygen atoms in total. The Kier molecular flexibility index (Phi) is 4.62. The van der Waals surface area contributed by atoms with Crippen LogP contribution in [0.15, 0.2) is 18.3 Å². The predicted molar refractivity (Wildman–Crippen MR) is 56.2 cm³/mol. The molecule has 84 valence electrons. The van der Waals surface area contributed by atoms with Gasteiger partial charge in [-0.05, 0) is 25.1 Å². The summed E-state index contributed by atoms with van der Waals surface area (Å²) in [6, 6.07) is 2.93. The van der Waals surface area contributed by atoms with Crippen LogP contribution >= 0.6 is 0 Å². The molecule has 0 radical (unpaired) electrons. The van der Waals surface area contributed by atoms with E-state index in [1.165, 1.54) is 7.05 Å². The number of hydrogen-bond donors (Lipinski definition) is 1. The first-order chi connectivity index (χ1) is 7.17. The number of hydrogen-bond acceptors (Lipinski definition) is 2. The fourth-order valence-corrected chi connectivity index (χ4v) is 1.33. The van der Waals surface area contributed by atoms with Gasteiger partial charge in [-0.2, -0.15) is 0 Å². The van der Waals surface area contributed by atoms with Crippen LogP contribution in [0.1, 0.15) is 18.2 Å². The molecule has 0 saturated heterocycles. The van der Waals surface area contributed by atoms with E-state index in [2.05, 4.69) is 10.3 Å². The second kappa shape index (κ2) is 5.75. The van der Waals surface area contributed by atoms with E-state index in [1.54, 1.807) is 6.20 Å². The second-order valence-electron chi connectivity index (χ2n) is 3.45. The molecule has 1 heterocycles. The SMILES string of the molecule is CCc1ccc(CC(NC)C(F)F)nc1. The van der Waals surface area contributed by atoms with E-state index in [0.717, 1.165) is 12.0 Å². The Morgan fingerprint density at radius 2 is 2.13 bits per heavy atom.